The molecule has 0 bridgehead atoms. The number of aromatic nitrogens is 1. The Morgan fingerprint density at radius 3 is 3.06 bits per heavy atom. The van der Waals surface area contributed by atoms with E-state index in [9.17, 15) is 10.1 Å². The summed E-state index contributed by atoms with van der Waals surface area (Å²) in [6, 6.07) is 1.45. The van der Waals surface area contributed by atoms with Gasteiger partial charge in [-0.05, 0) is 25.3 Å². The number of pyridine rings is 1. The quantitative estimate of drug-likeness (QED) is 0.885. The molecule has 0 unspecified atom stereocenters. The smallest absolute Gasteiger partial charge is 0.326 e. The maximum absolute atomic E-state index is 11.2. The molecule has 94 valence electrons. The Balaban J connectivity index is 2.49. The second kappa shape index (κ2) is 4.83. The summed E-state index contributed by atoms with van der Waals surface area (Å²) in [4.78, 5) is 17.0. The highest BCUT2D eigenvalue weighted by molar-refractivity contribution is 6.31. The summed E-state index contributed by atoms with van der Waals surface area (Å²) in [6.07, 6.45) is 2.82. The Bertz CT molecular complexity index is 539. The lowest BCUT2D eigenvalue weighted by Gasteiger charge is -2.24. The van der Waals surface area contributed by atoms with Gasteiger partial charge in [-0.25, -0.2) is 9.78 Å². The molecule has 6 heteroatoms. The molecular weight excluding hydrogens is 254 g/mol. The fourth-order valence-corrected chi connectivity index (χ4v) is 2.34. The van der Waals surface area contributed by atoms with Crippen molar-refractivity contribution in [3.05, 3.63) is 22.3 Å². The van der Waals surface area contributed by atoms with Gasteiger partial charge in [0.05, 0.1) is 10.6 Å². The minimum Gasteiger partial charge on any atom is -0.480 e. The second-order valence-electron chi connectivity index (χ2n) is 4.23. The minimum absolute atomic E-state index is 0.357. The van der Waals surface area contributed by atoms with E-state index in [-0.39, 0.29) is 0 Å². The van der Waals surface area contributed by atoms with Gasteiger partial charge in [-0.3, -0.25) is 0 Å². The monoisotopic (exact) mass is 265 g/mol. The Labute approximate surface area is 110 Å². The molecule has 0 aromatic carbocycles. The Hall–Kier alpha value is -1.80. The van der Waals surface area contributed by atoms with E-state index in [2.05, 4.69) is 11.1 Å². The maximum atomic E-state index is 11.2. The number of aliphatic carboxylic acids is 1. The summed E-state index contributed by atoms with van der Waals surface area (Å²) in [5, 5.41) is 18.8. The SMILES string of the molecule is Cc1c(Cl)cnc(N2CCC[C@@H]2C(=O)O)c1C#N. The van der Waals surface area contributed by atoms with E-state index in [1.165, 1.54) is 6.20 Å². The molecule has 18 heavy (non-hydrogen) atoms. The van der Waals surface area contributed by atoms with Crippen LogP contribution in [0.2, 0.25) is 5.02 Å². The molecule has 1 atom stereocenters. The van der Waals surface area contributed by atoms with Gasteiger partial charge in [0.15, 0.2) is 0 Å². The van der Waals surface area contributed by atoms with Crippen molar-refractivity contribution in [2.24, 2.45) is 0 Å². The van der Waals surface area contributed by atoms with Gasteiger partial charge in [-0.1, -0.05) is 11.6 Å². The normalized spacial score (nSPS) is 18.7. The second-order valence-corrected chi connectivity index (χ2v) is 4.64. The van der Waals surface area contributed by atoms with Crippen LogP contribution in [0.25, 0.3) is 0 Å². The lowest BCUT2D eigenvalue weighted by Crippen LogP contribution is -2.37. The fraction of sp³-hybridized carbons (Fsp3) is 0.417. The van der Waals surface area contributed by atoms with E-state index in [1.807, 2.05) is 0 Å². The molecule has 1 aliphatic rings. The predicted octanol–water partition coefficient (Wildman–Crippen LogP) is 1.97. The molecule has 1 N–H and O–H groups in total. The van der Waals surface area contributed by atoms with Crippen LogP contribution in [0.3, 0.4) is 0 Å². The van der Waals surface area contributed by atoms with E-state index in [1.54, 1.807) is 11.8 Å². The first-order chi connectivity index (χ1) is 8.56. The number of carboxylic acid groups (broad SMARTS) is 1. The molecule has 0 radical (unpaired) electrons. The first kappa shape index (κ1) is 12.7. The Morgan fingerprint density at radius 2 is 2.44 bits per heavy atom. The first-order valence-electron chi connectivity index (χ1n) is 5.61. The number of nitrogens with zero attached hydrogens (tertiary/aromatic N) is 3. The third kappa shape index (κ3) is 2.00. The molecule has 1 aromatic rings. The molecule has 0 spiro atoms. The summed E-state index contributed by atoms with van der Waals surface area (Å²) in [6.45, 7) is 2.33. The molecule has 2 heterocycles. The topological polar surface area (TPSA) is 77.2 Å². The van der Waals surface area contributed by atoms with Gasteiger partial charge >= 0.3 is 5.97 Å². The number of hydrogen-bond acceptors (Lipinski definition) is 4. The third-order valence-corrected chi connectivity index (χ3v) is 3.56. The van der Waals surface area contributed by atoms with Crippen LogP contribution in [0, 0.1) is 18.3 Å². The summed E-state index contributed by atoms with van der Waals surface area (Å²) >= 11 is 5.92. The largest absolute Gasteiger partial charge is 0.480 e. The molecule has 0 amide bonds. The molecule has 1 fully saturated rings. The van der Waals surface area contributed by atoms with Gasteiger partial charge in [-0.15, -0.1) is 0 Å². The van der Waals surface area contributed by atoms with Crippen LogP contribution in [0.5, 0.6) is 0 Å². The van der Waals surface area contributed by atoms with Crippen molar-refractivity contribution < 1.29 is 9.90 Å². The highest BCUT2D eigenvalue weighted by Crippen LogP contribution is 2.30. The molecule has 5 nitrogen and oxygen atoms in total. The molecular formula is C12H12ClN3O2. The van der Waals surface area contributed by atoms with Crippen molar-refractivity contribution in [3.63, 3.8) is 0 Å². The average Bonchev–Trinajstić information content (AvgIpc) is 2.81. The van der Waals surface area contributed by atoms with E-state index in [0.717, 1.165) is 6.42 Å². The third-order valence-electron chi connectivity index (χ3n) is 3.18. The minimum atomic E-state index is -0.884. The molecule has 2 rings (SSSR count). The zero-order valence-corrected chi connectivity index (χ0v) is 10.6. The zero-order chi connectivity index (χ0) is 13.3. The average molecular weight is 266 g/mol. The lowest BCUT2D eigenvalue weighted by atomic mass is 10.1. The van der Waals surface area contributed by atoms with Crippen LogP contribution in [0.4, 0.5) is 5.82 Å². The van der Waals surface area contributed by atoms with Crippen LogP contribution >= 0.6 is 11.6 Å². The molecule has 1 aliphatic heterocycles. The van der Waals surface area contributed by atoms with E-state index in [0.29, 0.717) is 34.9 Å². The number of anilines is 1. The number of carbonyl (C=O) groups is 1. The van der Waals surface area contributed by atoms with Gasteiger partial charge in [0.25, 0.3) is 0 Å². The molecule has 0 saturated carbocycles. The fourth-order valence-electron chi connectivity index (χ4n) is 2.19. The van der Waals surface area contributed by atoms with E-state index >= 15 is 0 Å². The number of hydrogen-bond donors (Lipinski definition) is 1. The van der Waals surface area contributed by atoms with Gasteiger partial charge in [-0.2, -0.15) is 5.26 Å². The maximum Gasteiger partial charge on any atom is 0.326 e. The van der Waals surface area contributed by atoms with E-state index in [4.69, 9.17) is 16.7 Å². The molecule has 0 aliphatic carbocycles. The van der Waals surface area contributed by atoms with Crippen LogP contribution in [0.15, 0.2) is 6.20 Å². The highest BCUT2D eigenvalue weighted by atomic mass is 35.5. The van der Waals surface area contributed by atoms with E-state index < -0.39 is 12.0 Å². The number of rotatable bonds is 2. The van der Waals surface area contributed by atoms with Gasteiger partial charge < -0.3 is 10.0 Å². The number of carboxylic acids is 1. The van der Waals surface area contributed by atoms with Crippen LogP contribution < -0.4 is 4.90 Å². The standard InChI is InChI=1S/C12H12ClN3O2/c1-7-8(5-14)11(15-6-9(7)13)16-4-2-3-10(16)12(17)18/h6,10H,2-4H2,1H3,(H,17,18)/t10-/m1/s1. The van der Waals surface area contributed by atoms with Crippen molar-refractivity contribution in [3.8, 4) is 6.07 Å². The van der Waals surface area contributed by atoms with Crippen molar-refractivity contribution in [2.75, 3.05) is 11.4 Å². The summed E-state index contributed by atoms with van der Waals surface area (Å²) in [5.41, 5.74) is 0.996. The van der Waals surface area contributed by atoms with Crippen molar-refractivity contribution >= 4 is 23.4 Å². The highest BCUT2D eigenvalue weighted by Gasteiger charge is 2.33. The summed E-state index contributed by atoms with van der Waals surface area (Å²) in [5.74, 6) is -0.463. The van der Waals surface area contributed by atoms with Crippen LogP contribution in [-0.2, 0) is 4.79 Å². The molecule has 1 aromatic heterocycles. The van der Waals surface area contributed by atoms with Crippen molar-refractivity contribution in [2.45, 2.75) is 25.8 Å². The Kier molecular flexibility index (Phi) is 3.39. The summed E-state index contributed by atoms with van der Waals surface area (Å²) in [7, 11) is 0. The molecule has 1 saturated heterocycles. The van der Waals surface area contributed by atoms with Crippen LogP contribution in [0.1, 0.15) is 24.0 Å². The van der Waals surface area contributed by atoms with Crippen molar-refractivity contribution in [1.82, 2.24) is 4.98 Å². The predicted molar refractivity (Wildman–Crippen MR) is 66.7 cm³/mol. The number of halogens is 1. The first-order valence-corrected chi connectivity index (χ1v) is 5.98. The zero-order valence-electron chi connectivity index (χ0n) is 9.85. The Morgan fingerprint density at radius 1 is 1.72 bits per heavy atom. The van der Waals surface area contributed by atoms with Gasteiger partial charge in [0, 0.05) is 12.7 Å². The lowest BCUT2D eigenvalue weighted by molar-refractivity contribution is -0.138. The number of nitriles is 1. The van der Waals surface area contributed by atoms with Gasteiger partial charge in [0.1, 0.15) is 17.9 Å². The van der Waals surface area contributed by atoms with Crippen LogP contribution in [-0.4, -0.2) is 28.6 Å². The van der Waals surface area contributed by atoms with Crippen molar-refractivity contribution in [1.29, 1.82) is 5.26 Å². The van der Waals surface area contributed by atoms with Gasteiger partial charge in [0.2, 0.25) is 0 Å². The summed E-state index contributed by atoms with van der Waals surface area (Å²) < 4.78 is 0.